The van der Waals surface area contributed by atoms with Crippen molar-refractivity contribution >= 4 is 37.2 Å². The molecule has 2 saturated heterocycles. The molecule has 0 aromatic carbocycles. The zero-order valence-corrected chi connectivity index (χ0v) is 18.3. The van der Waals surface area contributed by atoms with E-state index in [1.165, 1.54) is 4.90 Å². The van der Waals surface area contributed by atoms with Gasteiger partial charge in [-0.1, -0.05) is 13.8 Å². The van der Waals surface area contributed by atoms with E-state index in [2.05, 4.69) is 20.6 Å². The first kappa shape index (κ1) is 22.7. The van der Waals surface area contributed by atoms with E-state index in [9.17, 15) is 23.8 Å². The number of carbonyl (C=O) groups is 2. The molecule has 0 aliphatic carbocycles. The predicted octanol–water partition coefficient (Wildman–Crippen LogP) is 0.608. The molecule has 3 aliphatic rings. The first-order chi connectivity index (χ1) is 15.2. The molecule has 0 bridgehead atoms. The molecule has 1 aromatic rings. The lowest BCUT2D eigenvalue weighted by molar-refractivity contribution is -0.155. The highest BCUT2D eigenvalue weighted by molar-refractivity contribution is 7.47. The van der Waals surface area contributed by atoms with Crippen LogP contribution in [0.4, 0.5) is 17.5 Å². The van der Waals surface area contributed by atoms with Crippen LogP contribution in [0, 0.1) is 0 Å². The fraction of sp³-hybridized carbons (Fsp3) is 0.647. The van der Waals surface area contributed by atoms with E-state index in [-0.39, 0.29) is 42.9 Å². The van der Waals surface area contributed by atoms with Crippen LogP contribution in [0.15, 0.2) is 4.79 Å². The number of hydrogen-bond donors (Lipinski definition) is 4. The third kappa shape index (κ3) is 4.36. The average molecular weight is 473 g/mol. The number of nitrogens with zero attached hydrogens (tertiary/aromatic N) is 2. The van der Waals surface area contributed by atoms with Crippen LogP contribution >= 0.6 is 7.82 Å². The molecular weight excluding hydrogens is 449 g/mol. The first-order valence-corrected chi connectivity index (χ1v) is 11.7. The van der Waals surface area contributed by atoms with Gasteiger partial charge in [-0.2, -0.15) is 4.98 Å². The normalized spacial score (nSPS) is 30.5. The maximum atomic E-state index is 12.5. The number of aromatic nitrogens is 2. The van der Waals surface area contributed by atoms with Gasteiger partial charge in [-0.25, -0.2) is 4.57 Å². The topological polar surface area (TPSA) is 181 Å². The minimum absolute atomic E-state index is 0.0500. The molecule has 0 saturated carbocycles. The molecule has 5 unspecified atom stereocenters. The van der Waals surface area contributed by atoms with Gasteiger partial charge in [0.25, 0.3) is 5.56 Å². The van der Waals surface area contributed by atoms with E-state index in [0.29, 0.717) is 12.8 Å². The number of H-pyrrole nitrogens is 1. The van der Waals surface area contributed by atoms with Gasteiger partial charge < -0.3 is 24.6 Å². The van der Waals surface area contributed by atoms with Gasteiger partial charge in [-0.3, -0.25) is 33.7 Å². The Morgan fingerprint density at radius 1 is 1.31 bits per heavy atom. The number of ether oxygens (including phenoxy) is 2. The van der Waals surface area contributed by atoms with Crippen LogP contribution in [-0.2, 0) is 32.7 Å². The summed E-state index contributed by atoms with van der Waals surface area (Å²) < 4.78 is 33.1. The summed E-state index contributed by atoms with van der Waals surface area (Å²) in [6.45, 7) is 3.70. The minimum Gasteiger partial charge on any atom is -0.454 e. The van der Waals surface area contributed by atoms with E-state index in [1.807, 2.05) is 6.92 Å². The summed E-state index contributed by atoms with van der Waals surface area (Å²) in [4.78, 5) is 54.5. The molecule has 0 radical (unpaired) electrons. The summed E-state index contributed by atoms with van der Waals surface area (Å²) in [7, 11) is -4.35. The third-order valence-corrected chi connectivity index (χ3v) is 5.98. The Labute approximate surface area is 182 Å². The molecule has 5 atom stereocenters. The third-order valence-electron chi connectivity index (χ3n) is 5.00. The Morgan fingerprint density at radius 2 is 2.06 bits per heavy atom. The second-order valence-corrected chi connectivity index (χ2v) is 8.82. The molecular formula is C17H24N5O9P. The summed E-state index contributed by atoms with van der Waals surface area (Å²) in [6.07, 6.45) is -3.04. The summed E-state index contributed by atoms with van der Waals surface area (Å²) in [6, 6.07) is 0. The zero-order chi connectivity index (χ0) is 23.0. The molecule has 15 heteroatoms. The molecule has 176 valence electrons. The Kier molecular flexibility index (Phi) is 6.23. The van der Waals surface area contributed by atoms with Crippen molar-refractivity contribution in [1.29, 1.82) is 0 Å². The van der Waals surface area contributed by atoms with Crippen molar-refractivity contribution in [2.75, 3.05) is 22.2 Å². The van der Waals surface area contributed by atoms with Gasteiger partial charge in [-0.15, -0.1) is 0 Å². The molecule has 2 fully saturated rings. The lowest BCUT2D eigenvalue weighted by Crippen LogP contribution is -2.47. The van der Waals surface area contributed by atoms with E-state index in [0.717, 1.165) is 0 Å². The molecule has 32 heavy (non-hydrogen) atoms. The van der Waals surface area contributed by atoms with Crippen molar-refractivity contribution in [3.05, 3.63) is 10.4 Å². The van der Waals surface area contributed by atoms with Gasteiger partial charge in [0, 0.05) is 12.8 Å². The number of amides is 1. The maximum Gasteiger partial charge on any atom is 0.475 e. The summed E-state index contributed by atoms with van der Waals surface area (Å²) in [5.74, 6) is -0.763. The standard InChI is InChI=1S/C17H24N5O9P/c1-3-5-8(23)19-17-20-13-10(14(25)21-17)18-7-22(13)15-11(28-9(24)6-4-2)12-16(29-15)31-32(26,27)30-12/h11-12,15-16,18H,3-7H2,1-2H3,(H,26,27)(H2,19,20,21,23,25). The lowest BCUT2D eigenvalue weighted by atomic mass is 10.2. The second-order valence-electron chi connectivity index (χ2n) is 7.46. The van der Waals surface area contributed by atoms with Gasteiger partial charge in [0.1, 0.15) is 5.69 Å². The number of hydrogen-bond acceptors (Lipinski definition) is 11. The van der Waals surface area contributed by atoms with E-state index in [4.69, 9.17) is 18.5 Å². The van der Waals surface area contributed by atoms with Gasteiger partial charge >= 0.3 is 13.8 Å². The maximum absolute atomic E-state index is 12.5. The zero-order valence-electron chi connectivity index (χ0n) is 17.4. The average Bonchev–Trinajstić information content (AvgIpc) is 3.33. The number of phosphoric acid groups is 1. The second kappa shape index (κ2) is 8.79. The van der Waals surface area contributed by atoms with Crippen molar-refractivity contribution in [3.63, 3.8) is 0 Å². The Hall–Kier alpha value is -2.51. The lowest BCUT2D eigenvalue weighted by Gasteiger charge is -2.29. The van der Waals surface area contributed by atoms with Crippen molar-refractivity contribution in [2.45, 2.75) is 64.3 Å². The highest BCUT2D eigenvalue weighted by Crippen LogP contribution is 2.57. The van der Waals surface area contributed by atoms with E-state index < -0.39 is 44.1 Å². The Balaban J connectivity index is 1.62. The quantitative estimate of drug-likeness (QED) is 0.320. The molecule has 4 rings (SSSR count). The number of aromatic amines is 1. The molecule has 1 amide bonds. The number of carbonyl (C=O) groups excluding carboxylic acids is 2. The predicted molar refractivity (Wildman–Crippen MR) is 109 cm³/mol. The van der Waals surface area contributed by atoms with Crippen LogP contribution in [0.5, 0.6) is 0 Å². The molecule has 14 nitrogen and oxygen atoms in total. The molecule has 4 heterocycles. The Bertz CT molecular complexity index is 1020. The molecule has 3 aliphatic heterocycles. The number of nitrogens with one attached hydrogen (secondary N) is 3. The van der Waals surface area contributed by atoms with Crippen molar-refractivity contribution in [3.8, 4) is 0 Å². The van der Waals surface area contributed by atoms with Gasteiger partial charge in [0.05, 0.1) is 6.67 Å². The van der Waals surface area contributed by atoms with E-state index in [1.54, 1.807) is 6.92 Å². The highest BCUT2D eigenvalue weighted by atomic mass is 31.2. The smallest absolute Gasteiger partial charge is 0.454 e. The highest BCUT2D eigenvalue weighted by Gasteiger charge is 2.60. The number of fused-ring (bicyclic) bond motifs is 2. The van der Waals surface area contributed by atoms with Crippen molar-refractivity contribution in [2.24, 2.45) is 0 Å². The van der Waals surface area contributed by atoms with Crippen molar-refractivity contribution < 1.29 is 37.6 Å². The summed E-state index contributed by atoms with van der Waals surface area (Å²) >= 11 is 0. The van der Waals surface area contributed by atoms with Crippen LogP contribution in [-0.4, -0.2) is 58.1 Å². The summed E-state index contributed by atoms with van der Waals surface area (Å²) in [5.41, 5.74) is -0.387. The van der Waals surface area contributed by atoms with Crippen molar-refractivity contribution in [1.82, 2.24) is 9.97 Å². The molecule has 4 N–H and O–H groups in total. The van der Waals surface area contributed by atoms with Crippen LogP contribution in [0.3, 0.4) is 0 Å². The largest absolute Gasteiger partial charge is 0.475 e. The fourth-order valence-electron chi connectivity index (χ4n) is 3.66. The monoisotopic (exact) mass is 473 g/mol. The Morgan fingerprint density at radius 3 is 2.78 bits per heavy atom. The SMILES string of the molecule is CCCC(=O)Nc1nc2c(c(=O)[nH]1)NCN2C1OC2OP(=O)(O)OC2C1OC(=O)CCC. The number of phosphoric ester groups is 1. The first-order valence-electron chi connectivity index (χ1n) is 10.2. The number of rotatable bonds is 7. The van der Waals surface area contributed by atoms with Gasteiger partial charge in [0.2, 0.25) is 18.1 Å². The molecule has 0 spiro atoms. The van der Waals surface area contributed by atoms with Crippen LogP contribution < -0.4 is 21.1 Å². The van der Waals surface area contributed by atoms with E-state index >= 15 is 0 Å². The van der Waals surface area contributed by atoms with Crippen LogP contribution in [0.2, 0.25) is 0 Å². The van der Waals surface area contributed by atoms with Crippen LogP contribution in [0.1, 0.15) is 39.5 Å². The molecule has 1 aromatic heterocycles. The minimum atomic E-state index is -4.35. The van der Waals surface area contributed by atoms with Gasteiger partial charge in [-0.05, 0) is 12.8 Å². The van der Waals surface area contributed by atoms with Gasteiger partial charge in [0.15, 0.2) is 24.3 Å². The fourth-order valence-corrected chi connectivity index (χ4v) is 4.67. The summed E-state index contributed by atoms with van der Waals surface area (Å²) in [5, 5.41) is 5.41. The number of esters is 1. The van der Waals surface area contributed by atoms with Crippen LogP contribution in [0.25, 0.3) is 0 Å². The number of anilines is 3.